The monoisotopic (exact) mass is 303 g/mol. The molecule has 0 saturated heterocycles. The minimum Gasteiger partial charge on any atom is -0.363 e. The highest BCUT2D eigenvalue weighted by Gasteiger charge is 2.12. The standard InChI is InChI=1S/C13H14ClN7/c1-7(8-3-2-4-9(14)5-8)17-11-10-6-16-21-12(10)19-13(18-11)20-15/h2-7H,15H2,1H3,(H3,16,17,18,19,20,21). The molecule has 0 bridgehead atoms. The number of nitrogens with two attached hydrogens (primary N) is 1. The topological polar surface area (TPSA) is 105 Å². The number of halogens is 1. The summed E-state index contributed by atoms with van der Waals surface area (Å²) in [4.78, 5) is 8.51. The fourth-order valence-electron chi connectivity index (χ4n) is 2.07. The van der Waals surface area contributed by atoms with Crippen LogP contribution in [0, 0.1) is 0 Å². The molecule has 0 aliphatic rings. The quantitative estimate of drug-likeness (QED) is 0.436. The zero-order valence-corrected chi connectivity index (χ0v) is 12.0. The number of nitrogens with zero attached hydrogens (tertiary/aromatic N) is 3. The van der Waals surface area contributed by atoms with E-state index in [0.717, 1.165) is 10.9 Å². The van der Waals surface area contributed by atoms with Gasteiger partial charge in [-0.2, -0.15) is 15.1 Å². The number of nitrogens with one attached hydrogen (secondary N) is 3. The van der Waals surface area contributed by atoms with Crippen LogP contribution in [0.3, 0.4) is 0 Å². The number of aromatic nitrogens is 4. The van der Waals surface area contributed by atoms with Crippen molar-refractivity contribution in [2.24, 2.45) is 5.84 Å². The maximum atomic E-state index is 6.02. The van der Waals surface area contributed by atoms with Crippen LogP contribution >= 0.6 is 11.6 Å². The normalized spacial score (nSPS) is 12.3. The van der Waals surface area contributed by atoms with E-state index >= 15 is 0 Å². The first-order valence-corrected chi connectivity index (χ1v) is 6.75. The molecule has 1 unspecified atom stereocenters. The molecule has 0 aliphatic heterocycles. The number of hydrazine groups is 1. The fraction of sp³-hybridized carbons (Fsp3) is 0.154. The average Bonchev–Trinajstić information content (AvgIpc) is 2.95. The summed E-state index contributed by atoms with van der Waals surface area (Å²) >= 11 is 6.02. The number of aromatic amines is 1. The molecule has 0 amide bonds. The van der Waals surface area contributed by atoms with E-state index in [1.807, 2.05) is 31.2 Å². The molecule has 0 radical (unpaired) electrons. The fourth-order valence-corrected chi connectivity index (χ4v) is 2.27. The summed E-state index contributed by atoms with van der Waals surface area (Å²) in [6, 6.07) is 7.68. The van der Waals surface area contributed by atoms with Crippen molar-refractivity contribution in [3.05, 3.63) is 41.0 Å². The lowest BCUT2D eigenvalue weighted by atomic mass is 10.1. The van der Waals surface area contributed by atoms with E-state index in [0.29, 0.717) is 22.4 Å². The molecule has 8 heteroatoms. The highest BCUT2D eigenvalue weighted by Crippen LogP contribution is 2.25. The van der Waals surface area contributed by atoms with Crippen LogP contribution in [-0.2, 0) is 0 Å². The Balaban J connectivity index is 1.95. The van der Waals surface area contributed by atoms with Crippen LogP contribution < -0.4 is 16.6 Å². The molecule has 1 aromatic carbocycles. The minimum atomic E-state index is 0.0160. The van der Waals surface area contributed by atoms with E-state index in [1.165, 1.54) is 0 Å². The van der Waals surface area contributed by atoms with E-state index < -0.39 is 0 Å². The maximum Gasteiger partial charge on any atom is 0.241 e. The third-order valence-electron chi connectivity index (χ3n) is 3.14. The van der Waals surface area contributed by atoms with E-state index in [4.69, 9.17) is 17.4 Å². The molecule has 2 aromatic heterocycles. The van der Waals surface area contributed by atoms with Crippen molar-refractivity contribution in [3.8, 4) is 0 Å². The average molecular weight is 304 g/mol. The Morgan fingerprint density at radius 3 is 2.95 bits per heavy atom. The molecule has 0 saturated carbocycles. The summed E-state index contributed by atoms with van der Waals surface area (Å²) < 4.78 is 0. The van der Waals surface area contributed by atoms with Crippen LogP contribution in [0.5, 0.6) is 0 Å². The van der Waals surface area contributed by atoms with Gasteiger partial charge in [0.05, 0.1) is 17.6 Å². The maximum absolute atomic E-state index is 6.02. The summed E-state index contributed by atoms with van der Waals surface area (Å²) in [5.41, 5.74) is 4.11. The molecule has 5 N–H and O–H groups in total. The number of H-pyrrole nitrogens is 1. The first kappa shape index (κ1) is 13.6. The van der Waals surface area contributed by atoms with Crippen molar-refractivity contribution in [1.29, 1.82) is 0 Å². The van der Waals surface area contributed by atoms with E-state index in [9.17, 15) is 0 Å². The third kappa shape index (κ3) is 2.74. The van der Waals surface area contributed by atoms with Gasteiger partial charge < -0.3 is 5.32 Å². The molecular formula is C13H14ClN7. The van der Waals surface area contributed by atoms with Gasteiger partial charge in [-0.25, -0.2) is 5.84 Å². The van der Waals surface area contributed by atoms with Crippen molar-refractivity contribution < 1.29 is 0 Å². The lowest BCUT2D eigenvalue weighted by Gasteiger charge is -2.16. The van der Waals surface area contributed by atoms with E-state index in [1.54, 1.807) is 6.20 Å². The van der Waals surface area contributed by atoms with Gasteiger partial charge in [0.1, 0.15) is 5.82 Å². The number of benzene rings is 1. The van der Waals surface area contributed by atoms with Gasteiger partial charge in [-0.3, -0.25) is 10.5 Å². The largest absolute Gasteiger partial charge is 0.363 e. The molecule has 7 nitrogen and oxygen atoms in total. The Morgan fingerprint density at radius 1 is 1.33 bits per heavy atom. The second-order valence-corrected chi connectivity index (χ2v) is 5.03. The predicted octanol–water partition coefficient (Wildman–Crippen LogP) is 2.46. The van der Waals surface area contributed by atoms with Gasteiger partial charge in [-0.15, -0.1) is 0 Å². The van der Waals surface area contributed by atoms with Crippen molar-refractivity contribution in [1.82, 2.24) is 20.2 Å². The molecule has 2 heterocycles. The van der Waals surface area contributed by atoms with Crippen LogP contribution in [0.2, 0.25) is 5.02 Å². The van der Waals surface area contributed by atoms with Gasteiger partial charge in [-0.05, 0) is 24.6 Å². The number of anilines is 2. The highest BCUT2D eigenvalue weighted by atomic mass is 35.5. The molecule has 3 aromatic rings. The van der Waals surface area contributed by atoms with Crippen LogP contribution in [-0.4, -0.2) is 20.2 Å². The summed E-state index contributed by atoms with van der Waals surface area (Å²) in [5, 5.41) is 11.6. The molecule has 3 rings (SSSR count). The van der Waals surface area contributed by atoms with Crippen LogP contribution in [0.1, 0.15) is 18.5 Å². The Bertz CT molecular complexity index is 770. The third-order valence-corrected chi connectivity index (χ3v) is 3.38. The number of rotatable bonds is 4. The van der Waals surface area contributed by atoms with Crippen LogP contribution in [0.4, 0.5) is 11.8 Å². The lowest BCUT2D eigenvalue weighted by Crippen LogP contribution is -2.13. The Morgan fingerprint density at radius 2 is 2.19 bits per heavy atom. The van der Waals surface area contributed by atoms with Gasteiger partial charge in [0.15, 0.2) is 5.65 Å². The Hall–Kier alpha value is -2.38. The molecule has 0 fully saturated rings. The second-order valence-electron chi connectivity index (χ2n) is 4.59. The molecule has 1 atom stereocenters. The molecule has 108 valence electrons. The number of hydrogen-bond acceptors (Lipinski definition) is 6. The SMILES string of the molecule is CC(Nc1nc(NN)nc2[nH]ncc12)c1cccc(Cl)c1. The second kappa shape index (κ2) is 5.55. The van der Waals surface area contributed by atoms with Crippen LogP contribution in [0.25, 0.3) is 11.0 Å². The van der Waals surface area contributed by atoms with Gasteiger partial charge in [0, 0.05) is 5.02 Å². The van der Waals surface area contributed by atoms with Crippen LogP contribution in [0.15, 0.2) is 30.5 Å². The van der Waals surface area contributed by atoms with Crippen molar-refractivity contribution in [2.75, 3.05) is 10.7 Å². The van der Waals surface area contributed by atoms with Crippen molar-refractivity contribution >= 4 is 34.4 Å². The molecule has 21 heavy (non-hydrogen) atoms. The summed E-state index contributed by atoms with van der Waals surface area (Å²) in [7, 11) is 0. The Labute approximate surface area is 125 Å². The van der Waals surface area contributed by atoms with Gasteiger partial charge in [0.2, 0.25) is 5.95 Å². The summed E-state index contributed by atoms with van der Waals surface area (Å²) in [6.07, 6.45) is 1.67. The Kier molecular flexibility index (Phi) is 3.59. The zero-order chi connectivity index (χ0) is 14.8. The summed E-state index contributed by atoms with van der Waals surface area (Å²) in [6.45, 7) is 2.02. The van der Waals surface area contributed by atoms with Crippen molar-refractivity contribution in [2.45, 2.75) is 13.0 Å². The smallest absolute Gasteiger partial charge is 0.241 e. The first-order valence-electron chi connectivity index (χ1n) is 6.37. The van der Waals surface area contributed by atoms with E-state index in [-0.39, 0.29) is 6.04 Å². The number of hydrogen-bond donors (Lipinski definition) is 4. The number of fused-ring (bicyclic) bond motifs is 1. The van der Waals surface area contributed by atoms with Gasteiger partial charge in [0.25, 0.3) is 0 Å². The molecule has 0 aliphatic carbocycles. The molecule has 0 spiro atoms. The zero-order valence-electron chi connectivity index (χ0n) is 11.3. The summed E-state index contributed by atoms with van der Waals surface area (Å²) in [5.74, 6) is 6.35. The van der Waals surface area contributed by atoms with E-state index in [2.05, 4.69) is 30.9 Å². The first-order chi connectivity index (χ1) is 10.2. The highest BCUT2D eigenvalue weighted by molar-refractivity contribution is 6.30. The minimum absolute atomic E-state index is 0.0160. The molecular weight excluding hydrogens is 290 g/mol. The predicted molar refractivity (Wildman–Crippen MR) is 83.0 cm³/mol. The van der Waals surface area contributed by atoms with Crippen molar-refractivity contribution in [3.63, 3.8) is 0 Å². The number of nitrogen functional groups attached to an aromatic ring is 1. The van der Waals surface area contributed by atoms with Gasteiger partial charge >= 0.3 is 0 Å². The lowest BCUT2D eigenvalue weighted by molar-refractivity contribution is 0.876. The van der Waals surface area contributed by atoms with Gasteiger partial charge in [-0.1, -0.05) is 23.7 Å².